The summed E-state index contributed by atoms with van der Waals surface area (Å²) in [6, 6.07) is 5.47. The molecule has 2 unspecified atom stereocenters. The van der Waals surface area contributed by atoms with Gasteiger partial charge < -0.3 is 10.5 Å². The Morgan fingerprint density at radius 3 is 2.57 bits per heavy atom. The van der Waals surface area contributed by atoms with E-state index < -0.39 is 20.6 Å². The van der Waals surface area contributed by atoms with Crippen molar-refractivity contribution in [3.05, 3.63) is 29.3 Å². The van der Waals surface area contributed by atoms with Gasteiger partial charge in [-0.05, 0) is 31.5 Å². The van der Waals surface area contributed by atoms with Gasteiger partial charge in [0, 0.05) is 34.4 Å². The second-order valence-corrected chi connectivity index (χ2v) is 8.84. The van der Waals surface area contributed by atoms with Crippen LogP contribution in [0.5, 0.6) is 5.75 Å². The molecule has 120 valence electrons. The molecule has 0 radical (unpaired) electrons. The van der Waals surface area contributed by atoms with Crippen molar-refractivity contribution in [2.75, 3.05) is 24.4 Å². The van der Waals surface area contributed by atoms with Gasteiger partial charge in [0.25, 0.3) is 0 Å². The molecule has 0 heterocycles. The smallest absolute Gasteiger partial charge is 0.148 e. The third kappa shape index (κ3) is 6.58. The Hall–Kier alpha value is -0.920. The second kappa shape index (κ2) is 7.91. The number of rotatable bonds is 8. The highest BCUT2D eigenvalue weighted by atomic mass is 32.2. The molecule has 7 heteroatoms. The Bertz CT molecular complexity index is 597. The normalized spacial score (nSPS) is 14.7. The largest absolute Gasteiger partial charge is 0.494 e. The minimum Gasteiger partial charge on any atom is -0.494 e. The first-order valence-corrected chi connectivity index (χ1v) is 10.3. The summed E-state index contributed by atoms with van der Waals surface area (Å²) in [5.41, 5.74) is 7.60. The highest BCUT2D eigenvalue weighted by Gasteiger charge is 2.12. The zero-order valence-electron chi connectivity index (χ0n) is 12.7. The number of hydrogen-bond acceptors (Lipinski definition) is 5. The lowest BCUT2D eigenvalue weighted by atomic mass is 10.1. The van der Waals surface area contributed by atoms with Crippen molar-refractivity contribution in [2.45, 2.75) is 25.6 Å². The van der Waals surface area contributed by atoms with Gasteiger partial charge in [0.15, 0.2) is 0 Å². The summed E-state index contributed by atoms with van der Waals surface area (Å²) in [5.74, 6) is 1.00. The van der Waals surface area contributed by atoms with Crippen LogP contribution in [0.3, 0.4) is 0 Å². The van der Waals surface area contributed by atoms with Crippen LogP contribution in [0.2, 0.25) is 0 Å². The maximum absolute atomic E-state index is 12.1. The average molecular weight is 333 g/mol. The van der Waals surface area contributed by atoms with Crippen LogP contribution < -0.4 is 10.5 Å². The molecule has 1 aromatic rings. The molecule has 0 amide bonds. The van der Waals surface area contributed by atoms with E-state index in [1.807, 2.05) is 32.0 Å². The lowest BCUT2D eigenvalue weighted by Gasteiger charge is -2.13. The van der Waals surface area contributed by atoms with Gasteiger partial charge in [-0.15, -0.1) is 0 Å². The van der Waals surface area contributed by atoms with Crippen molar-refractivity contribution >= 4 is 20.6 Å². The molecule has 5 nitrogen and oxygen atoms in total. The summed E-state index contributed by atoms with van der Waals surface area (Å²) >= 11 is 0. The van der Waals surface area contributed by atoms with E-state index >= 15 is 0 Å². The summed E-state index contributed by atoms with van der Waals surface area (Å²) in [7, 11) is -4.35. The van der Waals surface area contributed by atoms with Crippen molar-refractivity contribution in [2.24, 2.45) is 5.73 Å². The summed E-state index contributed by atoms with van der Waals surface area (Å²) in [6.07, 6.45) is 1.15. The predicted octanol–water partition coefficient (Wildman–Crippen LogP) is 1.40. The summed E-state index contributed by atoms with van der Waals surface area (Å²) in [4.78, 5) is 0. The van der Waals surface area contributed by atoms with Crippen LogP contribution in [0, 0.1) is 0 Å². The van der Waals surface area contributed by atoms with Crippen molar-refractivity contribution < 1.29 is 17.4 Å². The summed E-state index contributed by atoms with van der Waals surface area (Å²) in [5, 5.41) is 0. The van der Waals surface area contributed by atoms with Crippen molar-refractivity contribution in [1.82, 2.24) is 0 Å². The lowest BCUT2D eigenvalue weighted by molar-refractivity contribution is 0.337. The van der Waals surface area contributed by atoms with Crippen molar-refractivity contribution in [1.29, 1.82) is 0 Å². The van der Waals surface area contributed by atoms with E-state index in [0.717, 1.165) is 17.4 Å². The molecule has 2 N–H and O–H groups in total. The monoisotopic (exact) mass is 333 g/mol. The van der Waals surface area contributed by atoms with Crippen LogP contribution in [0.1, 0.15) is 31.0 Å². The number of hydrogen-bond donors (Lipinski definition) is 1. The fraction of sp³-hybridized carbons (Fsp3) is 0.571. The standard InChI is InChI=1S/C14H23NO4S2/c1-4-19-14-6-5-12(11(2)15)9-13(14)10-20(16)7-8-21(3,17)18/h5-6,9,11H,4,7-8,10,15H2,1-3H3. The minimum absolute atomic E-state index is 0.0729. The van der Waals surface area contributed by atoms with Gasteiger partial charge in [0.05, 0.1) is 18.1 Å². The van der Waals surface area contributed by atoms with Crippen LogP contribution in [-0.4, -0.2) is 37.0 Å². The van der Waals surface area contributed by atoms with Gasteiger partial charge in [0.1, 0.15) is 15.6 Å². The molecule has 0 aliphatic carbocycles. The SMILES string of the molecule is CCOc1ccc(C(C)N)cc1CS(=O)CCS(C)(=O)=O. The highest BCUT2D eigenvalue weighted by molar-refractivity contribution is 7.92. The molecule has 0 bridgehead atoms. The molecule has 0 spiro atoms. The molecule has 1 rings (SSSR count). The molecule has 0 aromatic heterocycles. The molecule has 0 aliphatic heterocycles. The van der Waals surface area contributed by atoms with E-state index in [1.165, 1.54) is 0 Å². The van der Waals surface area contributed by atoms with Crippen LogP contribution in [0.4, 0.5) is 0 Å². The van der Waals surface area contributed by atoms with E-state index in [1.54, 1.807) is 0 Å². The maximum atomic E-state index is 12.1. The Labute approximate surface area is 129 Å². The molecule has 0 saturated carbocycles. The highest BCUT2D eigenvalue weighted by Crippen LogP contribution is 2.24. The van der Waals surface area contributed by atoms with E-state index in [9.17, 15) is 12.6 Å². The van der Waals surface area contributed by atoms with E-state index in [0.29, 0.717) is 12.4 Å². The quantitative estimate of drug-likeness (QED) is 0.777. The average Bonchev–Trinajstić information content (AvgIpc) is 2.37. The van der Waals surface area contributed by atoms with Crippen molar-refractivity contribution in [3.8, 4) is 5.75 Å². The predicted molar refractivity (Wildman–Crippen MR) is 86.6 cm³/mol. The zero-order chi connectivity index (χ0) is 16.0. The summed E-state index contributed by atoms with van der Waals surface area (Å²) < 4.78 is 39.8. The Balaban J connectivity index is 2.88. The third-order valence-corrected chi connectivity index (χ3v) is 5.41. The molecule has 0 aliphatic rings. The van der Waals surface area contributed by atoms with Gasteiger partial charge in [-0.1, -0.05) is 6.07 Å². The van der Waals surface area contributed by atoms with Gasteiger partial charge in [-0.2, -0.15) is 0 Å². The van der Waals surface area contributed by atoms with E-state index in [-0.39, 0.29) is 23.3 Å². The lowest BCUT2D eigenvalue weighted by Crippen LogP contribution is -2.13. The number of nitrogens with two attached hydrogens (primary N) is 1. The first kappa shape index (κ1) is 18.1. The second-order valence-electron chi connectivity index (χ2n) is 5.01. The number of ether oxygens (including phenoxy) is 1. The van der Waals surface area contributed by atoms with Crippen LogP contribution >= 0.6 is 0 Å². The van der Waals surface area contributed by atoms with Crippen molar-refractivity contribution in [3.63, 3.8) is 0 Å². The van der Waals surface area contributed by atoms with E-state index in [2.05, 4.69) is 0 Å². The van der Waals surface area contributed by atoms with Gasteiger partial charge >= 0.3 is 0 Å². The number of benzene rings is 1. The van der Waals surface area contributed by atoms with Gasteiger partial charge in [-0.25, -0.2) is 8.42 Å². The fourth-order valence-corrected chi connectivity index (χ4v) is 4.45. The topological polar surface area (TPSA) is 86.5 Å². The van der Waals surface area contributed by atoms with Gasteiger partial charge in [-0.3, -0.25) is 4.21 Å². The number of sulfone groups is 1. The Morgan fingerprint density at radius 1 is 1.38 bits per heavy atom. The maximum Gasteiger partial charge on any atom is 0.148 e. The van der Waals surface area contributed by atoms with Crippen LogP contribution in [0.25, 0.3) is 0 Å². The first-order chi connectivity index (χ1) is 9.73. The van der Waals surface area contributed by atoms with Crippen LogP contribution in [-0.2, 0) is 26.4 Å². The molecule has 0 saturated heterocycles. The summed E-state index contributed by atoms with van der Waals surface area (Å²) in [6.45, 7) is 4.27. The molecule has 21 heavy (non-hydrogen) atoms. The van der Waals surface area contributed by atoms with E-state index in [4.69, 9.17) is 10.5 Å². The van der Waals surface area contributed by atoms with Crippen LogP contribution in [0.15, 0.2) is 18.2 Å². The zero-order valence-corrected chi connectivity index (χ0v) is 14.3. The minimum atomic E-state index is -3.10. The Kier molecular flexibility index (Phi) is 6.83. The molecule has 0 fully saturated rings. The fourth-order valence-electron chi connectivity index (χ4n) is 1.78. The third-order valence-electron chi connectivity index (χ3n) is 2.91. The Morgan fingerprint density at radius 2 is 2.05 bits per heavy atom. The molecular formula is C14H23NO4S2. The molecular weight excluding hydrogens is 310 g/mol. The van der Waals surface area contributed by atoms with Gasteiger partial charge in [0.2, 0.25) is 0 Å². The first-order valence-electron chi connectivity index (χ1n) is 6.77. The molecule has 1 aromatic carbocycles. The molecule has 2 atom stereocenters.